The number of hydrogen-bond acceptors (Lipinski definition) is 5. The van der Waals surface area contributed by atoms with Gasteiger partial charge in [0.2, 0.25) is 5.91 Å². The molecule has 0 aliphatic carbocycles. The van der Waals surface area contributed by atoms with Crippen molar-refractivity contribution in [1.82, 2.24) is 10.2 Å². The van der Waals surface area contributed by atoms with Gasteiger partial charge in [-0.15, -0.1) is 0 Å². The Bertz CT molecular complexity index is 347. The zero-order valence-corrected chi connectivity index (χ0v) is 13.3. The number of esters is 1. The maximum atomic E-state index is 12.1. The predicted octanol–water partition coefficient (Wildman–Crippen LogP) is 0.395. The first-order valence-electron chi connectivity index (χ1n) is 7.66. The summed E-state index contributed by atoms with van der Waals surface area (Å²) < 4.78 is 4.74. The lowest BCUT2D eigenvalue weighted by atomic mass is 9.99. The van der Waals surface area contributed by atoms with Crippen molar-refractivity contribution in [3.05, 3.63) is 0 Å². The number of piperidine rings is 1. The molecule has 0 spiro atoms. The van der Waals surface area contributed by atoms with Crippen LogP contribution in [0.2, 0.25) is 0 Å². The summed E-state index contributed by atoms with van der Waals surface area (Å²) in [6, 6.07) is -0.582. The molecule has 122 valence electrons. The molecular weight excluding hydrogens is 272 g/mol. The summed E-state index contributed by atoms with van der Waals surface area (Å²) in [4.78, 5) is 25.8. The normalized spacial score (nSPS) is 21.1. The quantitative estimate of drug-likeness (QED) is 0.665. The van der Waals surface area contributed by atoms with Crippen molar-refractivity contribution in [2.45, 2.75) is 39.2 Å². The Morgan fingerprint density at radius 2 is 2.14 bits per heavy atom. The molecule has 6 heteroatoms. The Hall–Kier alpha value is -1.14. The zero-order valence-electron chi connectivity index (χ0n) is 13.3. The first-order chi connectivity index (χ1) is 9.96. The molecule has 1 fully saturated rings. The van der Waals surface area contributed by atoms with E-state index in [0.717, 1.165) is 25.9 Å². The van der Waals surface area contributed by atoms with Crippen molar-refractivity contribution in [2.24, 2.45) is 11.8 Å². The van der Waals surface area contributed by atoms with Crippen molar-refractivity contribution >= 4 is 11.9 Å². The highest BCUT2D eigenvalue weighted by molar-refractivity contribution is 5.85. The number of carbonyl (C=O) groups is 2. The highest BCUT2D eigenvalue weighted by Crippen LogP contribution is 2.15. The van der Waals surface area contributed by atoms with Crippen molar-refractivity contribution in [3.63, 3.8) is 0 Å². The molecule has 0 aromatic carbocycles. The molecule has 0 radical (unpaired) electrons. The Morgan fingerprint density at radius 1 is 1.43 bits per heavy atom. The van der Waals surface area contributed by atoms with Gasteiger partial charge in [-0.2, -0.15) is 0 Å². The fourth-order valence-electron chi connectivity index (χ4n) is 2.71. The second kappa shape index (κ2) is 9.00. The largest absolute Gasteiger partial charge is 0.467 e. The molecule has 0 aromatic heterocycles. The molecule has 1 rings (SSSR count). The first-order valence-corrected chi connectivity index (χ1v) is 7.66. The van der Waals surface area contributed by atoms with E-state index in [-0.39, 0.29) is 25.0 Å². The number of aliphatic hydroxyl groups excluding tert-OH is 1. The van der Waals surface area contributed by atoms with E-state index in [0.29, 0.717) is 12.3 Å². The molecule has 2 N–H and O–H groups in total. The molecule has 1 saturated heterocycles. The molecule has 1 aliphatic heterocycles. The second-order valence-electron chi connectivity index (χ2n) is 6.20. The van der Waals surface area contributed by atoms with Crippen LogP contribution >= 0.6 is 0 Å². The molecule has 21 heavy (non-hydrogen) atoms. The minimum atomic E-state index is -0.582. The van der Waals surface area contributed by atoms with Gasteiger partial charge < -0.3 is 15.2 Å². The Labute approximate surface area is 126 Å². The van der Waals surface area contributed by atoms with Gasteiger partial charge in [0, 0.05) is 13.2 Å². The molecular formula is C15H28N2O4. The fourth-order valence-corrected chi connectivity index (χ4v) is 2.71. The summed E-state index contributed by atoms with van der Waals surface area (Å²) in [6.07, 6.45) is 2.56. The van der Waals surface area contributed by atoms with Gasteiger partial charge in [-0.05, 0) is 37.6 Å². The van der Waals surface area contributed by atoms with E-state index < -0.39 is 12.0 Å². The van der Waals surface area contributed by atoms with Crippen LogP contribution in [0.15, 0.2) is 0 Å². The number of aliphatic hydroxyl groups is 1. The van der Waals surface area contributed by atoms with Gasteiger partial charge in [0.25, 0.3) is 0 Å². The third kappa shape index (κ3) is 6.44. The number of ether oxygens (including phenoxy) is 1. The first kappa shape index (κ1) is 17.9. The van der Waals surface area contributed by atoms with E-state index >= 15 is 0 Å². The lowest BCUT2D eigenvalue weighted by Crippen LogP contribution is -2.48. The minimum Gasteiger partial charge on any atom is -0.467 e. The van der Waals surface area contributed by atoms with E-state index in [1.54, 1.807) is 0 Å². The zero-order chi connectivity index (χ0) is 15.8. The molecule has 0 saturated carbocycles. The summed E-state index contributed by atoms with van der Waals surface area (Å²) in [5.41, 5.74) is 0. The number of carbonyl (C=O) groups excluding carboxylic acids is 2. The highest BCUT2D eigenvalue weighted by atomic mass is 16.5. The maximum absolute atomic E-state index is 12.1. The van der Waals surface area contributed by atoms with Crippen molar-refractivity contribution in [3.8, 4) is 0 Å². The summed E-state index contributed by atoms with van der Waals surface area (Å²) >= 11 is 0. The van der Waals surface area contributed by atoms with Crippen LogP contribution in [0.5, 0.6) is 0 Å². The van der Waals surface area contributed by atoms with E-state index in [1.807, 2.05) is 18.7 Å². The van der Waals surface area contributed by atoms with Crippen LogP contribution in [0.3, 0.4) is 0 Å². The average Bonchev–Trinajstić information content (AvgIpc) is 2.45. The number of nitrogens with one attached hydrogen (secondary N) is 1. The van der Waals surface area contributed by atoms with E-state index in [4.69, 9.17) is 4.74 Å². The lowest BCUT2D eigenvalue weighted by molar-refractivity contribution is -0.145. The standard InChI is InChI=1S/C15H28N2O4/c1-11(2)7-13(15(20)21-3)16-14(19)9-17-6-4-5-12(8-17)10-18/h11-13,18H,4-10H2,1-3H3,(H,16,19). The topological polar surface area (TPSA) is 78.9 Å². The van der Waals surface area contributed by atoms with Crippen LogP contribution in [-0.4, -0.2) is 61.3 Å². The minimum absolute atomic E-state index is 0.162. The van der Waals surface area contributed by atoms with Gasteiger partial charge in [0.05, 0.1) is 13.7 Å². The van der Waals surface area contributed by atoms with E-state index in [1.165, 1.54) is 7.11 Å². The van der Waals surface area contributed by atoms with Gasteiger partial charge in [0.15, 0.2) is 0 Å². The Kier molecular flexibility index (Phi) is 7.67. The molecule has 6 nitrogen and oxygen atoms in total. The number of likely N-dealkylation sites (tertiary alicyclic amines) is 1. The fraction of sp³-hybridized carbons (Fsp3) is 0.867. The average molecular weight is 300 g/mol. The van der Waals surface area contributed by atoms with Crippen LogP contribution in [-0.2, 0) is 14.3 Å². The van der Waals surface area contributed by atoms with Gasteiger partial charge in [-0.3, -0.25) is 9.69 Å². The summed E-state index contributed by atoms with van der Waals surface area (Å²) in [7, 11) is 1.33. The smallest absolute Gasteiger partial charge is 0.328 e. The SMILES string of the molecule is COC(=O)C(CC(C)C)NC(=O)CN1CCCC(CO)C1. The second-order valence-corrected chi connectivity index (χ2v) is 6.20. The van der Waals surface area contributed by atoms with Gasteiger partial charge in [0.1, 0.15) is 6.04 Å². The molecule has 2 unspecified atom stereocenters. The third-order valence-corrected chi connectivity index (χ3v) is 3.76. The number of nitrogens with zero attached hydrogens (tertiary/aromatic N) is 1. The Morgan fingerprint density at radius 3 is 2.71 bits per heavy atom. The molecule has 0 aromatic rings. The summed E-state index contributed by atoms with van der Waals surface area (Å²) in [5.74, 6) is -0.0182. The van der Waals surface area contributed by atoms with Crippen molar-refractivity contribution in [1.29, 1.82) is 0 Å². The van der Waals surface area contributed by atoms with Crippen molar-refractivity contribution < 1.29 is 19.4 Å². The number of rotatable bonds is 7. The monoisotopic (exact) mass is 300 g/mol. The summed E-state index contributed by atoms with van der Waals surface area (Å²) in [6.45, 7) is 6.02. The molecule has 2 atom stereocenters. The van der Waals surface area contributed by atoms with Gasteiger partial charge in [-0.1, -0.05) is 13.8 Å². The molecule has 1 heterocycles. The van der Waals surface area contributed by atoms with Crippen LogP contribution in [0.25, 0.3) is 0 Å². The lowest BCUT2D eigenvalue weighted by Gasteiger charge is -2.31. The number of hydrogen-bond donors (Lipinski definition) is 2. The molecule has 0 bridgehead atoms. The van der Waals surface area contributed by atoms with Crippen molar-refractivity contribution in [2.75, 3.05) is 33.4 Å². The number of amides is 1. The van der Waals surface area contributed by atoms with Crippen LogP contribution < -0.4 is 5.32 Å². The molecule has 1 aliphatic rings. The van der Waals surface area contributed by atoms with Crippen LogP contribution in [0.4, 0.5) is 0 Å². The Balaban J connectivity index is 2.47. The van der Waals surface area contributed by atoms with Crippen LogP contribution in [0, 0.1) is 11.8 Å². The predicted molar refractivity (Wildman–Crippen MR) is 79.7 cm³/mol. The van der Waals surface area contributed by atoms with Gasteiger partial charge in [-0.25, -0.2) is 4.79 Å². The summed E-state index contributed by atoms with van der Waals surface area (Å²) in [5, 5.41) is 12.0. The highest BCUT2D eigenvalue weighted by Gasteiger charge is 2.25. The van der Waals surface area contributed by atoms with Crippen LogP contribution in [0.1, 0.15) is 33.1 Å². The maximum Gasteiger partial charge on any atom is 0.328 e. The molecule has 1 amide bonds. The van der Waals surface area contributed by atoms with E-state index in [9.17, 15) is 14.7 Å². The third-order valence-electron chi connectivity index (χ3n) is 3.76. The van der Waals surface area contributed by atoms with Gasteiger partial charge >= 0.3 is 5.97 Å². The number of methoxy groups -OCH3 is 1. The van der Waals surface area contributed by atoms with E-state index in [2.05, 4.69) is 5.32 Å².